The molecule has 1 aromatic carbocycles. The quantitative estimate of drug-likeness (QED) is 0.713. The van der Waals surface area contributed by atoms with Crippen LogP contribution < -0.4 is 10.2 Å². The van der Waals surface area contributed by atoms with E-state index in [1.165, 1.54) is 0 Å². The largest absolute Gasteiger partial charge is 0.394 e. The van der Waals surface area contributed by atoms with Gasteiger partial charge in [-0.1, -0.05) is 12.1 Å². The molecule has 2 fully saturated rings. The lowest BCUT2D eigenvalue weighted by Crippen LogP contribution is -2.33. The Labute approximate surface area is 163 Å². The van der Waals surface area contributed by atoms with Crippen molar-refractivity contribution in [2.24, 2.45) is 0 Å². The Morgan fingerprint density at radius 2 is 2.00 bits per heavy atom. The van der Waals surface area contributed by atoms with Gasteiger partial charge in [-0.2, -0.15) is 9.61 Å². The molecule has 1 saturated carbocycles. The second-order valence-corrected chi connectivity index (χ2v) is 7.59. The van der Waals surface area contributed by atoms with E-state index >= 15 is 0 Å². The fourth-order valence-corrected chi connectivity index (χ4v) is 3.92. The second kappa shape index (κ2) is 6.91. The molecule has 28 heavy (non-hydrogen) atoms. The van der Waals surface area contributed by atoms with Gasteiger partial charge in [0.2, 0.25) is 0 Å². The zero-order valence-electron chi connectivity index (χ0n) is 15.6. The number of carbonyl (C=O) groups is 1. The number of nitrogens with one attached hydrogen (secondary N) is 1. The van der Waals surface area contributed by atoms with Gasteiger partial charge in [0, 0.05) is 29.9 Å². The van der Waals surface area contributed by atoms with Gasteiger partial charge in [0.05, 0.1) is 18.8 Å². The molecule has 7 nitrogen and oxygen atoms in total. The minimum atomic E-state index is -0.0154. The SMILES string of the molecule is O=C(NC1CC1)c1ccc(-c2cnn3c(N4CCC[C@H]4CO)ccnc23)cc1. The molecule has 3 aromatic rings. The normalized spacial score (nSPS) is 19.3. The average molecular weight is 377 g/mol. The zero-order chi connectivity index (χ0) is 19.1. The van der Waals surface area contributed by atoms with Gasteiger partial charge < -0.3 is 15.3 Å². The molecule has 0 unspecified atom stereocenters. The predicted octanol–water partition coefficient (Wildman–Crippen LogP) is 2.25. The fraction of sp³-hybridized carbons (Fsp3) is 0.381. The number of aliphatic hydroxyl groups is 1. The monoisotopic (exact) mass is 377 g/mol. The summed E-state index contributed by atoms with van der Waals surface area (Å²) < 4.78 is 1.84. The number of aromatic nitrogens is 3. The standard InChI is InChI=1S/C21H23N5O2/c27-13-17-2-1-11-25(17)19-9-10-22-20-18(12-23-26(19)20)14-3-5-15(6-4-14)21(28)24-16-7-8-16/h3-6,9-10,12,16-17,27H,1-2,7-8,11,13H2,(H,24,28)/t17-/m0/s1. The summed E-state index contributed by atoms with van der Waals surface area (Å²) in [5, 5.41) is 17.2. The molecule has 1 aliphatic carbocycles. The number of fused-ring (bicyclic) bond motifs is 1. The Morgan fingerprint density at radius 1 is 1.18 bits per heavy atom. The molecular weight excluding hydrogens is 354 g/mol. The topological polar surface area (TPSA) is 82.8 Å². The molecule has 2 aromatic heterocycles. The maximum absolute atomic E-state index is 12.2. The molecule has 0 bridgehead atoms. The Bertz CT molecular complexity index is 1010. The number of aliphatic hydroxyl groups excluding tert-OH is 1. The summed E-state index contributed by atoms with van der Waals surface area (Å²) in [6.45, 7) is 1.05. The van der Waals surface area contributed by atoms with Crippen molar-refractivity contribution in [3.05, 3.63) is 48.3 Å². The first kappa shape index (κ1) is 17.2. The van der Waals surface area contributed by atoms with E-state index in [1.54, 1.807) is 6.20 Å². The van der Waals surface area contributed by atoms with E-state index in [0.717, 1.165) is 54.8 Å². The van der Waals surface area contributed by atoms with Crippen molar-refractivity contribution in [1.29, 1.82) is 0 Å². The van der Waals surface area contributed by atoms with Crippen LogP contribution in [0.25, 0.3) is 16.8 Å². The third-order valence-electron chi connectivity index (χ3n) is 5.63. The zero-order valence-corrected chi connectivity index (χ0v) is 15.6. The van der Waals surface area contributed by atoms with E-state index < -0.39 is 0 Å². The maximum atomic E-state index is 12.2. The van der Waals surface area contributed by atoms with Crippen molar-refractivity contribution in [2.75, 3.05) is 18.1 Å². The molecule has 0 spiro atoms. The van der Waals surface area contributed by atoms with Crippen molar-refractivity contribution in [2.45, 2.75) is 37.8 Å². The van der Waals surface area contributed by atoms with Gasteiger partial charge in [0.15, 0.2) is 5.65 Å². The van der Waals surface area contributed by atoms with Gasteiger partial charge in [0.1, 0.15) is 5.82 Å². The average Bonchev–Trinajstić information content (AvgIpc) is 3.25. The lowest BCUT2D eigenvalue weighted by molar-refractivity contribution is 0.0951. The number of benzene rings is 1. The molecule has 2 N–H and O–H groups in total. The summed E-state index contributed by atoms with van der Waals surface area (Å²) in [5.74, 6) is 0.937. The highest BCUT2D eigenvalue weighted by Crippen LogP contribution is 2.29. The third kappa shape index (κ3) is 3.01. The number of hydrogen-bond acceptors (Lipinski definition) is 5. The second-order valence-electron chi connectivity index (χ2n) is 7.59. The Hall–Kier alpha value is -2.93. The van der Waals surface area contributed by atoms with Crippen LogP contribution in [0.1, 0.15) is 36.0 Å². The molecule has 2 aliphatic rings. The van der Waals surface area contributed by atoms with Crippen LogP contribution in [0.3, 0.4) is 0 Å². The number of carbonyl (C=O) groups excluding carboxylic acids is 1. The van der Waals surface area contributed by atoms with Crippen LogP contribution in [-0.2, 0) is 0 Å². The summed E-state index contributed by atoms with van der Waals surface area (Å²) >= 11 is 0. The molecule has 144 valence electrons. The lowest BCUT2D eigenvalue weighted by Gasteiger charge is -2.25. The van der Waals surface area contributed by atoms with Crippen molar-refractivity contribution in [3.8, 4) is 11.1 Å². The van der Waals surface area contributed by atoms with Crippen LogP contribution in [-0.4, -0.2) is 50.8 Å². The number of nitrogens with zero attached hydrogens (tertiary/aromatic N) is 4. The summed E-state index contributed by atoms with van der Waals surface area (Å²) in [7, 11) is 0. The van der Waals surface area contributed by atoms with Gasteiger partial charge in [-0.15, -0.1) is 0 Å². The smallest absolute Gasteiger partial charge is 0.251 e. The highest BCUT2D eigenvalue weighted by atomic mass is 16.3. The van der Waals surface area contributed by atoms with Crippen LogP contribution in [0.4, 0.5) is 5.82 Å². The Kier molecular flexibility index (Phi) is 4.24. The lowest BCUT2D eigenvalue weighted by atomic mass is 10.1. The van der Waals surface area contributed by atoms with Crippen LogP contribution in [0.15, 0.2) is 42.7 Å². The number of amides is 1. The van der Waals surface area contributed by atoms with Gasteiger partial charge in [0.25, 0.3) is 5.91 Å². The maximum Gasteiger partial charge on any atom is 0.251 e. The van der Waals surface area contributed by atoms with E-state index in [-0.39, 0.29) is 18.6 Å². The molecular formula is C21H23N5O2. The van der Waals surface area contributed by atoms with Crippen LogP contribution in [0.5, 0.6) is 0 Å². The molecule has 0 radical (unpaired) electrons. The molecule has 3 heterocycles. The Morgan fingerprint density at radius 3 is 2.75 bits per heavy atom. The van der Waals surface area contributed by atoms with E-state index in [4.69, 9.17) is 0 Å². The van der Waals surface area contributed by atoms with Crippen LogP contribution in [0, 0.1) is 0 Å². The molecule has 1 aliphatic heterocycles. The molecule has 1 saturated heterocycles. The highest BCUT2D eigenvalue weighted by molar-refractivity contribution is 5.95. The number of anilines is 1. The van der Waals surface area contributed by atoms with Gasteiger partial charge in [-0.3, -0.25) is 4.79 Å². The minimum absolute atomic E-state index is 0.0154. The summed E-state index contributed by atoms with van der Waals surface area (Å²) in [5.41, 5.74) is 3.35. The van der Waals surface area contributed by atoms with Gasteiger partial charge in [-0.05, 0) is 49.4 Å². The van der Waals surface area contributed by atoms with E-state index in [9.17, 15) is 9.90 Å². The first-order valence-electron chi connectivity index (χ1n) is 9.86. The number of rotatable bonds is 5. The summed E-state index contributed by atoms with van der Waals surface area (Å²) in [6.07, 6.45) is 7.81. The minimum Gasteiger partial charge on any atom is -0.394 e. The first-order chi connectivity index (χ1) is 13.7. The number of hydrogen-bond donors (Lipinski definition) is 2. The van der Waals surface area contributed by atoms with Gasteiger partial charge >= 0.3 is 0 Å². The molecule has 5 rings (SSSR count). The highest BCUT2D eigenvalue weighted by Gasteiger charge is 2.27. The molecule has 1 amide bonds. The summed E-state index contributed by atoms with van der Waals surface area (Å²) in [6, 6.07) is 10.0. The van der Waals surface area contributed by atoms with Gasteiger partial charge in [-0.25, -0.2) is 4.98 Å². The Balaban J connectivity index is 1.46. The first-order valence-corrected chi connectivity index (χ1v) is 9.86. The van der Waals surface area contributed by atoms with E-state index in [2.05, 4.69) is 20.3 Å². The van der Waals surface area contributed by atoms with Crippen LogP contribution in [0.2, 0.25) is 0 Å². The van der Waals surface area contributed by atoms with Crippen molar-refractivity contribution >= 4 is 17.4 Å². The summed E-state index contributed by atoms with van der Waals surface area (Å²) in [4.78, 5) is 18.9. The fourth-order valence-electron chi connectivity index (χ4n) is 3.92. The molecule has 1 atom stereocenters. The predicted molar refractivity (Wildman–Crippen MR) is 106 cm³/mol. The van der Waals surface area contributed by atoms with Crippen molar-refractivity contribution in [3.63, 3.8) is 0 Å². The van der Waals surface area contributed by atoms with E-state index in [0.29, 0.717) is 11.6 Å². The van der Waals surface area contributed by atoms with Crippen LogP contribution >= 0.6 is 0 Å². The third-order valence-corrected chi connectivity index (χ3v) is 5.63. The van der Waals surface area contributed by atoms with Crippen molar-refractivity contribution < 1.29 is 9.90 Å². The molecule has 7 heteroatoms. The van der Waals surface area contributed by atoms with Crippen molar-refractivity contribution in [1.82, 2.24) is 19.9 Å². The van der Waals surface area contributed by atoms with E-state index in [1.807, 2.05) is 41.0 Å².